The SMILES string of the molecule is C[C@H](NC(=O)C/C(=C\CN(C)C)C(=O)OC(C)(C)C)c1ccc(C(F)(F)F)cc1. The Hall–Kier alpha value is -2.35. The lowest BCUT2D eigenvalue weighted by Crippen LogP contribution is -2.30. The van der Waals surface area contributed by atoms with Crippen LogP contribution in [-0.2, 0) is 20.5 Å². The van der Waals surface area contributed by atoms with Gasteiger partial charge >= 0.3 is 12.1 Å². The number of hydrogen-bond acceptors (Lipinski definition) is 4. The third-order valence-electron chi connectivity index (χ3n) is 3.83. The second-order valence-corrected chi connectivity index (χ2v) is 8.08. The van der Waals surface area contributed by atoms with Crippen LogP contribution in [0.4, 0.5) is 13.2 Å². The number of alkyl halides is 3. The predicted molar refractivity (Wildman–Crippen MR) is 105 cm³/mol. The molecule has 0 unspecified atom stereocenters. The number of amides is 1. The zero-order valence-electron chi connectivity index (χ0n) is 17.7. The van der Waals surface area contributed by atoms with Gasteiger partial charge in [-0.05, 0) is 59.5 Å². The van der Waals surface area contributed by atoms with Crippen molar-refractivity contribution in [2.24, 2.45) is 0 Å². The molecule has 1 aromatic rings. The molecule has 1 amide bonds. The third-order valence-corrected chi connectivity index (χ3v) is 3.83. The van der Waals surface area contributed by atoms with E-state index in [1.54, 1.807) is 33.8 Å². The maximum Gasteiger partial charge on any atom is 0.416 e. The first kappa shape index (κ1) is 24.7. The molecule has 0 radical (unpaired) electrons. The van der Waals surface area contributed by atoms with Gasteiger partial charge in [-0.2, -0.15) is 13.2 Å². The minimum absolute atomic E-state index is 0.187. The van der Waals surface area contributed by atoms with Gasteiger partial charge in [-0.25, -0.2) is 4.79 Å². The molecule has 0 aliphatic carbocycles. The van der Waals surface area contributed by atoms with E-state index in [2.05, 4.69) is 5.32 Å². The van der Waals surface area contributed by atoms with Crippen LogP contribution in [0.1, 0.15) is 51.3 Å². The number of ether oxygens (including phenoxy) is 1. The van der Waals surface area contributed by atoms with Crippen LogP contribution in [0.25, 0.3) is 0 Å². The van der Waals surface area contributed by atoms with Crippen molar-refractivity contribution in [2.75, 3.05) is 20.6 Å². The Kier molecular flexibility index (Phi) is 8.44. The van der Waals surface area contributed by atoms with Gasteiger partial charge in [0.05, 0.1) is 18.0 Å². The van der Waals surface area contributed by atoms with E-state index in [1.807, 2.05) is 19.0 Å². The van der Waals surface area contributed by atoms with Crippen molar-refractivity contribution in [1.29, 1.82) is 0 Å². The Morgan fingerprint density at radius 1 is 1.14 bits per heavy atom. The molecule has 1 rings (SSSR count). The molecule has 1 N–H and O–H groups in total. The Labute approximate surface area is 169 Å². The van der Waals surface area contributed by atoms with E-state index in [1.165, 1.54) is 12.1 Å². The first-order valence-electron chi connectivity index (χ1n) is 9.22. The molecule has 0 saturated carbocycles. The molecule has 0 spiro atoms. The number of nitrogens with zero attached hydrogens (tertiary/aromatic N) is 1. The monoisotopic (exact) mass is 414 g/mol. The Morgan fingerprint density at radius 2 is 1.69 bits per heavy atom. The number of benzene rings is 1. The average Bonchev–Trinajstić information content (AvgIpc) is 2.56. The molecule has 1 aromatic carbocycles. The molecular formula is C21H29F3N2O3. The average molecular weight is 414 g/mol. The summed E-state index contributed by atoms with van der Waals surface area (Å²) < 4.78 is 43.4. The van der Waals surface area contributed by atoms with Crippen molar-refractivity contribution in [3.8, 4) is 0 Å². The smallest absolute Gasteiger partial charge is 0.416 e. The lowest BCUT2D eigenvalue weighted by molar-refractivity contribution is -0.150. The first-order chi connectivity index (χ1) is 13.2. The molecule has 5 nitrogen and oxygen atoms in total. The summed E-state index contributed by atoms with van der Waals surface area (Å²) >= 11 is 0. The highest BCUT2D eigenvalue weighted by Gasteiger charge is 2.30. The summed E-state index contributed by atoms with van der Waals surface area (Å²) in [5.41, 5.74) is -0.690. The highest BCUT2D eigenvalue weighted by atomic mass is 19.4. The van der Waals surface area contributed by atoms with Crippen LogP contribution in [0.5, 0.6) is 0 Å². The van der Waals surface area contributed by atoms with Gasteiger partial charge in [0.2, 0.25) is 5.91 Å². The van der Waals surface area contributed by atoms with Crippen LogP contribution >= 0.6 is 0 Å². The number of halogens is 3. The van der Waals surface area contributed by atoms with Gasteiger partial charge in [-0.1, -0.05) is 18.2 Å². The van der Waals surface area contributed by atoms with E-state index in [-0.39, 0.29) is 12.0 Å². The lowest BCUT2D eigenvalue weighted by atomic mass is 10.0. The van der Waals surface area contributed by atoms with Gasteiger partial charge < -0.3 is 15.0 Å². The highest BCUT2D eigenvalue weighted by molar-refractivity contribution is 5.95. The normalized spacial score (nSPS) is 13.9. The van der Waals surface area contributed by atoms with Crippen LogP contribution in [0, 0.1) is 0 Å². The van der Waals surface area contributed by atoms with E-state index >= 15 is 0 Å². The van der Waals surface area contributed by atoms with Crippen molar-refractivity contribution < 1.29 is 27.5 Å². The quantitative estimate of drug-likeness (QED) is 0.539. The molecular weight excluding hydrogens is 385 g/mol. The molecule has 29 heavy (non-hydrogen) atoms. The molecule has 8 heteroatoms. The van der Waals surface area contributed by atoms with Crippen molar-refractivity contribution in [2.45, 2.75) is 51.9 Å². The summed E-state index contributed by atoms with van der Waals surface area (Å²) in [5, 5.41) is 2.71. The summed E-state index contributed by atoms with van der Waals surface area (Å²) in [7, 11) is 3.66. The standard InChI is InChI=1S/C21H29F3N2O3/c1-14(15-7-9-17(10-8-15)21(22,23)24)25-18(27)13-16(11-12-26(5)6)19(28)29-20(2,3)4/h7-11,14H,12-13H2,1-6H3,(H,25,27)/b16-11+/t14-/m0/s1. The Balaban J connectivity index is 2.83. The van der Waals surface area contributed by atoms with Crippen LogP contribution in [-0.4, -0.2) is 43.0 Å². The number of esters is 1. The van der Waals surface area contributed by atoms with Crippen molar-refractivity contribution >= 4 is 11.9 Å². The topological polar surface area (TPSA) is 58.6 Å². The molecule has 0 heterocycles. The second kappa shape index (κ2) is 9.91. The number of hydrogen-bond donors (Lipinski definition) is 1. The fraction of sp³-hybridized carbons (Fsp3) is 0.524. The summed E-state index contributed by atoms with van der Waals surface area (Å²) in [6.45, 7) is 7.33. The summed E-state index contributed by atoms with van der Waals surface area (Å²) in [6.07, 6.45) is -2.96. The molecule has 1 atom stereocenters. The molecule has 162 valence electrons. The van der Waals surface area contributed by atoms with Crippen molar-refractivity contribution in [1.82, 2.24) is 10.2 Å². The molecule has 0 aliphatic heterocycles. The van der Waals surface area contributed by atoms with E-state index in [0.717, 1.165) is 12.1 Å². The van der Waals surface area contributed by atoms with Crippen LogP contribution in [0.2, 0.25) is 0 Å². The maximum atomic E-state index is 12.7. The Bertz CT molecular complexity index is 733. The summed E-state index contributed by atoms with van der Waals surface area (Å²) in [6, 6.07) is 4.08. The summed E-state index contributed by atoms with van der Waals surface area (Å²) in [4.78, 5) is 26.7. The minimum atomic E-state index is -4.41. The summed E-state index contributed by atoms with van der Waals surface area (Å²) in [5.74, 6) is -0.995. The number of nitrogens with one attached hydrogen (secondary N) is 1. The van der Waals surface area contributed by atoms with E-state index < -0.39 is 35.3 Å². The number of rotatable bonds is 7. The van der Waals surface area contributed by atoms with Gasteiger partial charge in [0, 0.05) is 12.1 Å². The van der Waals surface area contributed by atoms with Crippen molar-refractivity contribution in [3.05, 3.63) is 47.0 Å². The van der Waals surface area contributed by atoms with Gasteiger partial charge in [0.1, 0.15) is 5.60 Å². The zero-order valence-corrected chi connectivity index (χ0v) is 17.7. The van der Waals surface area contributed by atoms with Crippen LogP contribution in [0.15, 0.2) is 35.9 Å². The number of likely N-dealkylation sites (N-methyl/N-ethyl adjacent to an activating group) is 1. The van der Waals surface area contributed by atoms with Crippen LogP contribution in [0.3, 0.4) is 0 Å². The Morgan fingerprint density at radius 3 is 2.14 bits per heavy atom. The van der Waals surface area contributed by atoms with Crippen LogP contribution < -0.4 is 5.32 Å². The minimum Gasteiger partial charge on any atom is -0.457 e. The maximum absolute atomic E-state index is 12.7. The molecule has 0 aliphatic rings. The molecule has 0 bridgehead atoms. The zero-order chi connectivity index (χ0) is 22.4. The first-order valence-corrected chi connectivity index (χ1v) is 9.22. The fourth-order valence-electron chi connectivity index (χ4n) is 2.37. The number of carbonyl (C=O) groups excluding carboxylic acids is 2. The molecule has 0 aromatic heterocycles. The lowest BCUT2D eigenvalue weighted by Gasteiger charge is -2.21. The predicted octanol–water partition coefficient (Wildman–Crippen LogP) is 4.10. The van der Waals surface area contributed by atoms with Gasteiger partial charge in [0.15, 0.2) is 0 Å². The van der Waals surface area contributed by atoms with Gasteiger partial charge in [0.25, 0.3) is 0 Å². The van der Waals surface area contributed by atoms with E-state index in [4.69, 9.17) is 4.74 Å². The van der Waals surface area contributed by atoms with Gasteiger partial charge in [-0.3, -0.25) is 4.79 Å². The number of carbonyl (C=O) groups is 2. The highest BCUT2D eigenvalue weighted by Crippen LogP contribution is 2.29. The van der Waals surface area contributed by atoms with Crippen molar-refractivity contribution in [3.63, 3.8) is 0 Å². The molecule has 0 saturated heterocycles. The molecule has 0 fully saturated rings. The largest absolute Gasteiger partial charge is 0.457 e. The fourth-order valence-corrected chi connectivity index (χ4v) is 2.37. The second-order valence-electron chi connectivity index (χ2n) is 8.08. The van der Waals surface area contributed by atoms with Gasteiger partial charge in [-0.15, -0.1) is 0 Å². The van der Waals surface area contributed by atoms with E-state index in [9.17, 15) is 22.8 Å². The van der Waals surface area contributed by atoms with E-state index in [0.29, 0.717) is 12.1 Å². The third kappa shape index (κ3) is 9.13.